The summed E-state index contributed by atoms with van der Waals surface area (Å²) >= 11 is 0. The second-order valence-electron chi connectivity index (χ2n) is 4.71. The van der Waals surface area contributed by atoms with Crippen molar-refractivity contribution in [3.63, 3.8) is 0 Å². The molecule has 4 nitrogen and oxygen atoms in total. The molecular weight excluding hydrogens is 269 g/mol. The SMILES string of the molecule is Cc1nnc(Oc2ccc(CN)cc2F)c2ccccc12. The van der Waals surface area contributed by atoms with Gasteiger partial charge in [0.05, 0.1) is 5.69 Å². The predicted molar refractivity (Wildman–Crippen MR) is 78.6 cm³/mol. The van der Waals surface area contributed by atoms with Gasteiger partial charge in [0.25, 0.3) is 0 Å². The summed E-state index contributed by atoms with van der Waals surface area (Å²) in [6.07, 6.45) is 0. The van der Waals surface area contributed by atoms with Crippen LogP contribution >= 0.6 is 0 Å². The van der Waals surface area contributed by atoms with Gasteiger partial charge in [0, 0.05) is 17.3 Å². The Morgan fingerprint density at radius 2 is 1.86 bits per heavy atom. The highest BCUT2D eigenvalue weighted by Gasteiger charge is 2.11. The number of fused-ring (bicyclic) bond motifs is 1. The van der Waals surface area contributed by atoms with E-state index in [0.29, 0.717) is 5.56 Å². The van der Waals surface area contributed by atoms with Crippen LogP contribution in [0.15, 0.2) is 42.5 Å². The van der Waals surface area contributed by atoms with E-state index in [1.165, 1.54) is 6.07 Å². The van der Waals surface area contributed by atoms with Gasteiger partial charge in [0.1, 0.15) is 0 Å². The van der Waals surface area contributed by atoms with E-state index < -0.39 is 5.82 Å². The van der Waals surface area contributed by atoms with Crippen molar-refractivity contribution < 1.29 is 9.13 Å². The Morgan fingerprint density at radius 3 is 2.57 bits per heavy atom. The van der Waals surface area contributed by atoms with E-state index in [0.717, 1.165) is 16.5 Å². The van der Waals surface area contributed by atoms with E-state index >= 15 is 0 Å². The molecule has 3 rings (SSSR count). The molecule has 2 N–H and O–H groups in total. The Morgan fingerprint density at radius 1 is 1.10 bits per heavy atom. The van der Waals surface area contributed by atoms with Gasteiger partial charge in [-0.1, -0.05) is 24.3 Å². The molecule has 21 heavy (non-hydrogen) atoms. The summed E-state index contributed by atoms with van der Waals surface area (Å²) in [7, 11) is 0. The Balaban J connectivity index is 2.04. The number of benzene rings is 2. The summed E-state index contributed by atoms with van der Waals surface area (Å²) in [4.78, 5) is 0. The normalized spacial score (nSPS) is 10.8. The lowest BCUT2D eigenvalue weighted by atomic mass is 10.1. The minimum absolute atomic E-state index is 0.107. The molecule has 0 unspecified atom stereocenters. The van der Waals surface area contributed by atoms with Gasteiger partial charge in [0.15, 0.2) is 11.6 Å². The number of nitrogens with zero attached hydrogens (tertiary/aromatic N) is 2. The van der Waals surface area contributed by atoms with Gasteiger partial charge >= 0.3 is 0 Å². The number of ether oxygens (including phenoxy) is 1. The molecule has 0 atom stereocenters. The molecule has 1 aromatic heterocycles. The van der Waals surface area contributed by atoms with Crippen molar-refractivity contribution >= 4 is 10.8 Å². The summed E-state index contributed by atoms with van der Waals surface area (Å²) in [6, 6.07) is 12.2. The Kier molecular flexibility index (Phi) is 3.50. The summed E-state index contributed by atoms with van der Waals surface area (Å²) in [6.45, 7) is 2.15. The molecular formula is C16H14FN3O. The molecule has 0 amide bonds. The molecule has 106 valence electrons. The summed E-state index contributed by atoms with van der Waals surface area (Å²) in [5.41, 5.74) is 6.99. The van der Waals surface area contributed by atoms with Gasteiger partial charge in [-0.3, -0.25) is 0 Å². The van der Waals surface area contributed by atoms with Crippen LogP contribution in [0.5, 0.6) is 11.6 Å². The maximum atomic E-state index is 14.0. The molecule has 0 aliphatic rings. The average molecular weight is 283 g/mol. The van der Waals surface area contributed by atoms with E-state index in [4.69, 9.17) is 10.5 Å². The van der Waals surface area contributed by atoms with E-state index in [-0.39, 0.29) is 18.2 Å². The topological polar surface area (TPSA) is 61.0 Å². The molecule has 1 heterocycles. The second kappa shape index (κ2) is 5.46. The van der Waals surface area contributed by atoms with E-state index in [1.807, 2.05) is 31.2 Å². The van der Waals surface area contributed by atoms with E-state index in [2.05, 4.69) is 10.2 Å². The van der Waals surface area contributed by atoms with Gasteiger partial charge in [-0.05, 0) is 30.7 Å². The third-order valence-electron chi connectivity index (χ3n) is 3.28. The first-order valence-corrected chi connectivity index (χ1v) is 6.57. The summed E-state index contributed by atoms with van der Waals surface area (Å²) < 4.78 is 19.6. The van der Waals surface area contributed by atoms with Crippen LogP contribution in [-0.4, -0.2) is 10.2 Å². The van der Waals surface area contributed by atoms with Crippen LogP contribution in [0.4, 0.5) is 4.39 Å². The summed E-state index contributed by atoms with van der Waals surface area (Å²) in [5.74, 6) is -0.0736. The Bertz CT molecular complexity index is 805. The van der Waals surface area contributed by atoms with Crippen LogP contribution in [0.3, 0.4) is 0 Å². The Hall–Kier alpha value is -2.53. The monoisotopic (exact) mass is 283 g/mol. The molecule has 3 aromatic rings. The maximum Gasteiger partial charge on any atom is 0.246 e. The first-order chi connectivity index (χ1) is 10.2. The number of halogens is 1. The zero-order valence-corrected chi connectivity index (χ0v) is 11.5. The Labute approximate surface area is 121 Å². The van der Waals surface area contributed by atoms with Gasteiger partial charge in [-0.15, -0.1) is 5.10 Å². The van der Waals surface area contributed by atoms with Crippen LogP contribution in [0.25, 0.3) is 10.8 Å². The zero-order chi connectivity index (χ0) is 14.8. The minimum Gasteiger partial charge on any atom is -0.434 e. The van der Waals surface area contributed by atoms with Gasteiger partial charge in [-0.2, -0.15) is 5.10 Å². The van der Waals surface area contributed by atoms with Crippen LogP contribution in [0.2, 0.25) is 0 Å². The van der Waals surface area contributed by atoms with Gasteiger partial charge < -0.3 is 10.5 Å². The fraction of sp³-hybridized carbons (Fsp3) is 0.125. The number of hydrogen-bond acceptors (Lipinski definition) is 4. The maximum absolute atomic E-state index is 14.0. The molecule has 2 aromatic carbocycles. The van der Waals surface area contributed by atoms with E-state index in [9.17, 15) is 4.39 Å². The van der Waals surface area contributed by atoms with Crippen LogP contribution in [0.1, 0.15) is 11.3 Å². The summed E-state index contributed by atoms with van der Waals surface area (Å²) in [5, 5.41) is 9.80. The van der Waals surface area contributed by atoms with Crippen LogP contribution in [0, 0.1) is 12.7 Å². The fourth-order valence-electron chi connectivity index (χ4n) is 2.15. The van der Waals surface area contributed by atoms with Gasteiger partial charge in [0.2, 0.25) is 5.88 Å². The minimum atomic E-state index is -0.468. The van der Waals surface area contributed by atoms with E-state index in [1.54, 1.807) is 12.1 Å². The van der Waals surface area contributed by atoms with Crippen molar-refractivity contribution in [3.05, 3.63) is 59.5 Å². The van der Waals surface area contributed by atoms with Crippen molar-refractivity contribution in [2.45, 2.75) is 13.5 Å². The molecule has 0 aliphatic heterocycles. The number of hydrogen-bond donors (Lipinski definition) is 1. The quantitative estimate of drug-likeness (QED) is 0.801. The zero-order valence-electron chi connectivity index (χ0n) is 11.5. The lowest BCUT2D eigenvalue weighted by Gasteiger charge is -2.09. The van der Waals surface area contributed by atoms with Crippen molar-refractivity contribution in [1.29, 1.82) is 0 Å². The standard InChI is InChI=1S/C16H14FN3O/c1-10-12-4-2-3-5-13(12)16(20-19-10)21-15-7-6-11(9-18)8-14(15)17/h2-8H,9,18H2,1H3. The number of nitrogens with two attached hydrogens (primary N) is 1. The molecule has 0 bridgehead atoms. The lowest BCUT2D eigenvalue weighted by Crippen LogP contribution is -1.99. The number of aryl methyl sites for hydroxylation is 1. The smallest absolute Gasteiger partial charge is 0.246 e. The largest absolute Gasteiger partial charge is 0.434 e. The van der Waals surface area contributed by atoms with Gasteiger partial charge in [-0.25, -0.2) is 4.39 Å². The highest BCUT2D eigenvalue weighted by molar-refractivity contribution is 5.88. The van der Waals surface area contributed by atoms with Crippen molar-refractivity contribution in [2.75, 3.05) is 0 Å². The van der Waals surface area contributed by atoms with Crippen molar-refractivity contribution in [3.8, 4) is 11.6 Å². The first kappa shape index (κ1) is 13.5. The molecule has 0 aliphatic carbocycles. The average Bonchev–Trinajstić information content (AvgIpc) is 2.52. The number of aromatic nitrogens is 2. The molecule has 0 fully saturated rings. The van der Waals surface area contributed by atoms with Crippen LogP contribution in [-0.2, 0) is 6.54 Å². The molecule has 0 saturated carbocycles. The van der Waals surface area contributed by atoms with Crippen molar-refractivity contribution in [2.24, 2.45) is 5.73 Å². The molecule has 0 saturated heterocycles. The number of rotatable bonds is 3. The highest BCUT2D eigenvalue weighted by Crippen LogP contribution is 2.30. The molecule has 5 heteroatoms. The lowest BCUT2D eigenvalue weighted by molar-refractivity contribution is 0.426. The highest BCUT2D eigenvalue weighted by atomic mass is 19.1. The third kappa shape index (κ3) is 2.55. The molecule has 0 radical (unpaired) electrons. The van der Waals surface area contributed by atoms with Crippen LogP contribution < -0.4 is 10.5 Å². The first-order valence-electron chi connectivity index (χ1n) is 6.57. The fourth-order valence-corrected chi connectivity index (χ4v) is 2.15. The van der Waals surface area contributed by atoms with Crippen molar-refractivity contribution in [1.82, 2.24) is 10.2 Å². The predicted octanol–water partition coefficient (Wildman–Crippen LogP) is 3.33. The third-order valence-corrected chi connectivity index (χ3v) is 3.28. The second-order valence-corrected chi connectivity index (χ2v) is 4.71. The molecule has 0 spiro atoms.